The number of rotatable bonds is 8. The van der Waals surface area contributed by atoms with Crippen LogP contribution in [0, 0.1) is 13.8 Å². The molecule has 1 N–H and O–H groups in total. The van der Waals surface area contributed by atoms with Crippen LogP contribution in [0.1, 0.15) is 36.1 Å². The summed E-state index contributed by atoms with van der Waals surface area (Å²) in [6, 6.07) is 15.1. The molecule has 28 heavy (non-hydrogen) atoms. The molecule has 2 aromatic carbocycles. The maximum Gasteiger partial charge on any atom is 0.304 e. The van der Waals surface area contributed by atoms with Gasteiger partial charge in [-0.1, -0.05) is 49.4 Å². The predicted molar refractivity (Wildman–Crippen MR) is 113 cm³/mol. The van der Waals surface area contributed by atoms with E-state index >= 15 is 0 Å². The molecule has 0 fully saturated rings. The summed E-state index contributed by atoms with van der Waals surface area (Å²) in [5.41, 5.74) is 3.22. The van der Waals surface area contributed by atoms with Gasteiger partial charge in [-0.05, 0) is 43.0 Å². The predicted octanol–water partition coefficient (Wildman–Crippen LogP) is 3.18. The fourth-order valence-corrected chi connectivity index (χ4v) is 4.07. The lowest BCUT2D eigenvalue weighted by atomic mass is 10.0. The second-order valence-corrected chi connectivity index (χ2v) is 9.09. The van der Waals surface area contributed by atoms with E-state index in [0.29, 0.717) is 12.1 Å². The molecule has 7 heteroatoms. The zero-order chi connectivity index (χ0) is 20.9. The van der Waals surface area contributed by atoms with E-state index in [2.05, 4.69) is 5.32 Å². The van der Waals surface area contributed by atoms with E-state index in [1.54, 1.807) is 6.07 Å². The van der Waals surface area contributed by atoms with Crippen LogP contribution in [0.5, 0.6) is 0 Å². The number of benzene rings is 2. The van der Waals surface area contributed by atoms with Gasteiger partial charge in [0.1, 0.15) is 6.54 Å². The molecular formula is C21H29N3O3S. The number of hydrogen-bond acceptors (Lipinski definition) is 3. The molecule has 0 bridgehead atoms. The van der Waals surface area contributed by atoms with Crippen LogP contribution in [-0.4, -0.2) is 39.3 Å². The first kappa shape index (κ1) is 21.9. The van der Waals surface area contributed by atoms with E-state index < -0.39 is 10.2 Å². The second kappa shape index (κ2) is 9.21. The largest absolute Gasteiger partial charge is 0.348 e. The first-order chi connectivity index (χ1) is 13.2. The lowest BCUT2D eigenvalue weighted by molar-refractivity contribution is -0.120. The van der Waals surface area contributed by atoms with Crippen molar-refractivity contribution in [1.29, 1.82) is 0 Å². The van der Waals surface area contributed by atoms with Gasteiger partial charge in [-0.2, -0.15) is 12.7 Å². The highest BCUT2D eigenvalue weighted by Gasteiger charge is 2.29. The average Bonchev–Trinajstić information content (AvgIpc) is 2.66. The van der Waals surface area contributed by atoms with Crippen molar-refractivity contribution in [3.8, 4) is 0 Å². The van der Waals surface area contributed by atoms with Crippen molar-refractivity contribution in [1.82, 2.24) is 9.62 Å². The third-order valence-corrected chi connectivity index (χ3v) is 6.41. The number of anilines is 1. The molecule has 0 spiro atoms. The van der Waals surface area contributed by atoms with Crippen LogP contribution in [0.25, 0.3) is 0 Å². The molecule has 0 saturated carbocycles. The van der Waals surface area contributed by atoms with Gasteiger partial charge < -0.3 is 5.32 Å². The topological polar surface area (TPSA) is 69.7 Å². The van der Waals surface area contributed by atoms with Crippen molar-refractivity contribution in [2.75, 3.05) is 24.9 Å². The SMILES string of the molecule is CC[C@H](NC(=O)CN(c1cc(C)ccc1C)S(=O)(=O)N(C)C)c1ccccc1. The molecule has 0 saturated heterocycles. The molecule has 6 nitrogen and oxygen atoms in total. The minimum atomic E-state index is -3.83. The van der Waals surface area contributed by atoms with Gasteiger partial charge in [0.15, 0.2) is 0 Å². The van der Waals surface area contributed by atoms with Gasteiger partial charge in [0.25, 0.3) is 0 Å². The van der Waals surface area contributed by atoms with E-state index in [-0.39, 0.29) is 18.5 Å². The van der Waals surface area contributed by atoms with E-state index in [1.165, 1.54) is 18.4 Å². The maximum absolute atomic E-state index is 12.9. The van der Waals surface area contributed by atoms with Gasteiger partial charge >= 0.3 is 10.2 Å². The summed E-state index contributed by atoms with van der Waals surface area (Å²) in [6.45, 7) is 5.43. The summed E-state index contributed by atoms with van der Waals surface area (Å²) >= 11 is 0. The summed E-state index contributed by atoms with van der Waals surface area (Å²) < 4.78 is 28.1. The molecule has 0 unspecified atom stereocenters. The Balaban J connectivity index is 2.32. The monoisotopic (exact) mass is 403 g/mol. The van der Waals surface area contributed by atoms with Crippen LogP contribution in [-0.2, 0) is 15.0 Å². The second-order valence-electron chi connectivity index (χ2n) is 7.03. The van der Waals surface area contributed by atoms with Crippen molar-refractivity contribution < 1.29 is 13.2 Å². The van der Waals surface area contributed by atoms with Gasteiger partial charge in [0, 0.05) is 14.1 Å². The van der Waals surface area contributed by atoms with Crippen LogP contribution in [0.2, 0.25) is 0 Å². The Morgan fingerprint density at radius 2 is 1.71 bits per heavy atom. The Kier molecular flexibility index (Phi) is 7.21. The quantitative estimate of drug-likeness (QED) is 0.736. The number of carbonyl (C=O) groups excluding carboxylic acids is 1. The zero-order valence-corrected chi connectivity index (χ0v) is 18.0. The fraction of sp³-hybridized carbons (Fsp3) is 0.381. The molecule has 0 aromatic heterocycles. The third kappa shape index (κ3) is 5.11. The van der Waals surface area contributed by atoms with Crippen LogP contribution < -0.4 is 9.62 Å². The van der Waals surface area contributed by atoms with Gasteiger partial charge in [-0.3, -0.25) is 4.79 Å². The Bertz CT molecular complexity index is 912. The Labute approximate surface area is 168 Å². The van der Waals surface area contributed by atoms with E-state index in [9.17, 15) is 13.2 Å². The molecular weight excluding hydrogens is 374 g/mol. The highest BCUT2D eigenvalue weighted by atomic mass is 32.2. The number of nitrogens with zero attached hydrogens (tertiary/aromatic N) is 2. The van der Waals surface area contributed by atoms with Crippen LogP contribution in [0.3, 0.4) is 0 Å². The molecule has 2 rings (SSSR count). The van der Waals surface area contributed by atoms with Crippen LogP contribution in [0.15, 0.2) is 48.5 Å². The van der Waals surface area contributed by atoms with Crippen LogP contribution in [0.4, 0.5) is 5.69 Å². The highest BCUT2D eigenvalue weighted by Crippen LogP contribution is 2.25. The van der Waals surface area contributed by atoms with Gasteiger partial charge in [-0.15, -0.1) is 0 Å². The normalized spacial score (nSPS) is 12.6. The third-order valence-electron chi connectivity index (χ3n) is 4.61. The Morgan fingerprint density at radius 1 is 1.07 bits per heavy atom. The van der Waals surface area contributed by atoms with Crippen molar-refractivity contribution >= 4 is 21.8 Å². The highest BCUT2D eigenvalue weighted by molar-refractivity contribution is 7.90. The first-order valence-electron chi connectivity index (χ1n) is 9.28. The fourth-order valence-electron chi connectivity index (χ4n) is 2.95. The van der Waals surface area contributed by atoms with Crippen LogP contribution >= 0.6 is 0 Å². The lowest BCUT2D eigenvalue weighted by Gasteiger charge is -2.29. The van der Waals surface area contributed by atoms with Crippen molar-refractivity contribution in [2.45, 2.75) is 33.2 Å². The molecule has 0 aliphatic heterocycles. The smallest absolute Gasteiger partial charge is 0.304 e. The Morgan fingerprint density at radius 3 is 2.29 bits per heavy atom. The van der Waals surface area contributed by atoms with Gasteiger partial charge in [0.2, 0.25) is 5.91 Å². The molecule has 2 aromatic rings. The van der Waals surface area contributed by atoms with Crippen molar-refractivity contribution in [3.05, 3.63) is 65.2 Å². The number of carbonyl (C=O) groups is 1. The van der Waals surface area contributed by atoms with E-state index in [1.807, 2.05) is 63.2 Å². The maximum atomic E-state index is 12.9. The molecule has 0 radical (unpaired) electrons. The number of nitrogens with one attached hydrogen (secondary N) is 1. The van der Waals surface area contributed by atoms with E-state index in [0.717, 1.165) is 21.0 Å². The van der Waals surface area contributed by atoms with Gasteiger partial charge in [0.05, 0.1) is 11.7 Å². The summed E-state index contributed by atoms with van der Waals surface area (Å²) in [5.74, 6) is -0.345. The molecule has 0 aliphatic carbocycles. The first-order valence-corrected chi connectivity index (χ1v) is 10.7. The minimum absolute atomic E-state index is 0.170. The molecule has 1 atom stereocenters. The Hall–Kier alpha value is -2.38. The number of amides is 1. The molecule has 152 valence electrons. The van der Waals surface area contributed by atoms with Gasteiger partial charge in [-0.25, -0.2) is 4.31 Å². The standard InChI is InChI=1S/C21H29N3O3S/c1-6-19(18-10-8-7-9-11-18)22-21(25)15-24(28(26,27)23(4)5)20-14-16(2)12-13-17(20)3/h7-14,19H,6,15H2,1-5H3,(H,22,25)/t19-/m0/s1. The van der Waals surface area contributed by atoms with E-state index in [4.69, 9.17) is 0 Å². The van der Waals surface area contributed by atoms with Crippen molar-refractivity contribution in [2.24, 2.45) is 0 Å². The summed E-state index contributed by atoms with van der Waals surface area (Å²) in [4.78, 5) is 12.8. The number of hydrogen-bond donors (Lipinski definition) is 1. The average molecular weight is 404 g/mol. The zero-order valence-electron chi connectivity index (χ0n) is 17.1. The summed E-state index contributed by atoms with van der Waals surface area (Å²) in [6.07, 6.45) is 0.708. The molecule has 0 aliphatic rings. The summed E-state index contributed by atoms with van der Waals surface area (Å²) in [5, 5.41) is 2.96. The van der Waals surface area contributed by atoms with Crippen molar-refractivity contribution in [3.63, 3.8) is 0 Å². The molecule has 1 amide bonds. The minimum Gasteiger partial charge on any atom is -0.348 e. The lowest BCUT2D eigenvalue weighted by Crippen LogP contribution is -2.46. The molecule has 0 heterocycles. The summed E-state index contributed by atoms with van der Waals surface area (Å²) in [7, 11) is -0.903. The number of aryl methyl sites for hydroxylation is 2.